The monoisotopic (exact) mass is 495 g/mol. The fraction of sp³-hybridized carbons (Fsp3) is 0.440. The summed E-state index contributed by atoms with van der Waals surface area (Å²) in [6.07, 6.45) is -0.554. The van der Waals surface area contributed by atoms with E-state index in [1.165, 1.54) is 0 Å². The maximum atomic E-state index is 12.6. The lowest BCUT2D eigenvalue weighted by molar-refractivity contribution is -0.153. The van der Waals surface area contributed by atoms with E-state index in [9.17, 15) is 9.59 Å². The minimum atomic E-state index is -0.869. The minimum absolute atomic E-state index is 0.170. The maximum Gasteiger partial charge on any atom is 0.408 e. The van der Waals surface area contributed by atoms with Crippen LogP contribution in [0.25, 0.3) is 0 Å². The molecule has 8 heteroatoms. The zero-order chi connectivity index (χ0) is 24.6. The fourth-order valence-electron chi connectivity index (χ4n) is 2.99. The van der Waals surface area contributed by atoms with Crippen LogP contribution >= 0.6 is 23.2 Å². The van der Waals surface area contributed by atoms with E-state index in [1.54, 1.807) is 52.8 Å². The van der Waals surface area contributed by atoms with Crippen LogP contribution in [0.5, 0.6) is 5.75 Å². The number of rotatable bonds is 9. The van der Waals surface area contributed by atoms with Gasteiger partial charge in [0.2, 0.25) is 0 Å². The molecule has 1 amide bonds. The summed E-state index contributed by atoms with van der Waals surface area (Å²) in [6, 6.07) is 14.0. The van der Waals surface area contributed by atoms with Crippen LogP contribution in [0.1, 0.15) is 40.2 Å². The summed E-state index contributed by atoms with van der Waals surface area (Å²) in [6.45, 7) is 8.86. The number of nitrogens with one attached hydrogen (secondary N) is 1. The molecule has 0 aliphatic heterocycles. The van der Waals surface area contributed by atoms with Gasteiger partial charge in [0.25, 0.3) is 0 Å². The molecule has 3 atom stereocenters. The Balaban J connectivity index is 2.04. The largest absolute Gasteiger partial charge is 0.492 e. The molecule has 0 aliphatic carbocycles. The summed E-state index contributed by atoms with van der Waals surface area (Å²) < 4.78 is 16.8. The van der Waals surface area contributed by atoms with Gasteiger partial charge in [-0.05, 0) is 64.8 Å². The van der Waals surface area contributed by atoms with Crippen LogP contribution in [0.2, 0.25) is 10.0 Å². The number of esters is 1. The van der Waals surface area contributed by atoms with E-state index < -0.39 is 29.8 Å². The molecule has 0 fully saturated rings. The number of hydrogen-bond donors (Lipinski definition) is 1. The molecule has 0 saturated carbocycles. The molecule has 180 valence electrons. The molecule has 0 spiro atoms. The zero-order valence-corrected chi connectivity index (χ0v) is 21.1. The molecule has 6 nitrogen and oxygen atoms in total. The third-order valence-corrected chi connectivity index (χ3v) is 5.27. The Kier molecular flexibility index (Phi) is 9.87. The van der Waals surface area contributed by atoms with Crippen LogP contribution in [0.15, 0.2) is 48.5 Å². The van der Waals surface area contributed by atoms with E-state index >= 15 is 0 Å². The molecule has 0 bridgehead atoms. The Bertz CT molecular complexity index is 930. The highest BCUT2D eigenvalue weighted by atomic mass is 35.5. The van der Waals surface area contributed by atoms with Crippen molar-refractivity contribution in [1.29, 1.82) is 0 Å². The quantitative estimate of drug-likeness (QED) is 0.426. The standard InChI is InChI=1S/C25H31Cl2NO5/c1-16(28-24(30)33-25(3,4)5)23(29)32-17(2)19(13-18-9-7-6-8-10-18)15-31-22-12-11-20(26)14-21(22)27/h6-12,14,16-17,19H,13,15H2,1-5H3,(H,28,30)/t16-,17-,19+/m0/s1. The third kappa shape index (κ3) is 9.52. The Hall–Kier alpha value is -2.44. The molecule has 2 aromatic carbocycles. The van der Waals surface area contributed by atoms with Crippen molar-refractivity contribution >= 4 is 35.3 Å². The first kappa shape index (κ1) is 26.8. The molecule has 0 radical (unpaired) electrons. The lowest BCUT2D eigenvalue weighted by Crippen LogP contribution is -2.44. The highest BCUT2D eigenvalue weighted by molar-refractivity contribution is 6.35. The van der Waals surface area contributed by atoms with Gasteiger partial charge >= 0.3 is 12.1 Å². The van der Waals surface area contributed by atoms with E-state index in [-0.39, 0.29) is 12.5 Å². The summed E-state index contributed by atoms with van der Waals surface area (Å²) >= 11 is 12.2. The lowest BCUT2D eigenvalue weighted by atomic mass is 9.95. The summed E-state index contributed by atoms with van der Waals surface area (Å²) in [5, 5.41) is 3.42. The van der Waals surface area contributed by atoms with Crippen LogP contribution in [0, 0.1) is 5.92 Å². The number of carbonyl (C=O) groups excluding carboxylic acids is 2. The van der Waals surface area contributed by atoms with Crippen LogP contribution in [0.3, 0.4) is 0 Å². The number of alkyl carbamates (subject to hydrolysis) is 1. The van der Waals surface area contributed by atoms with Crippen molar-refractivity contribution in [1.82, 2.24) is 5.32 Å². The second-order valence-electron chi connectivity index (χ2n) is 8.85. The van der Waals surface area contributed by atoms with Crippen LogP contribution in [-0.2, 0) is 20.7 Å². The predicted molar refractivity (Wildman–Crippen MR) is 130 cm³/mol. The summed E-state index contributed by atoms with van der Waals surface area (Å²) in [5.74, 6) is -0.231. The average molecular weight is 496 g/mol. The zero-order valence-electron chi connectivity index (χ0n) is 19.6. The molecular formula is C25H31Cl2NO5. The Morgan fingerprint density at radius 3 is 2.30 bits per heavy atom. The maximum absolute atomic E-state index is 12.6. The highest BCUT2D eigenvalue weighted by Gasteiger charge is 2.27. The molecule has 0 aliphatic rings. The van der Waals surface area contributed by atoms with Gasteiger partial charge in [0.05, 0.1) is 11.6 Å². The summed E-state index contributed by atoms with van der Waals surface area (Å²) in [7, 11) is 0. The molecule has 0 saturated heterocycles. The van der Waals surface area contributed by atoms with Crippen molar-refractivity contribution in [2.75, 3.05) is 6.61 Å². The van der Waals surface area contributed by atoms with Crippen LogP contribution < -0.4 is 10.1 Å². The lowest BCUT2D eigenvalue weighted by Gasteiger charge is -2.26. The third-order valence-electron chi connectivity index (χ3n) is 4.74. The van der Waals surface area contributed by atoms with Crippen molar-refractivity contribution in [3.8, 4) is 5.75 Å². The number of halogens is 2. The molecule has 1 N–H and O–H groups in total. The van der Waals surface area contributed by atoms with Crippen molar-refractivity contribution in [2.24, 2.45) is 5.92 Å². The van der Waals surface area contributed by atoms with Gasteiger partial charge in [-0.2, -0.15) is 0 Å². The SMILES string of the molecule is C[C@H](NC(=O)OC(C)(C)C)C(=O)O[C@@H](C)[C@@H](COc1ccc(Cl)cc1Cl)Cc1ccccc1. The first-order valence-corrected chi connectivity index (χ1v) is 11.5. The Labute approximate surface area is 205 Å². The van der Waals surface area contributed by atoms with Gasteiger partial charge in [-0.1, -0.05) is 53.5 Å². The van der Waals surface area contributed by atoms with Gasteiger partial charge in [0, 0.05) is 10.9 Å². The average Bonchev–Trinajstić information content (AvgIpc) is 2.71. The van der Waals surface area contributed by atoms with Gasteiger partial charge in [-0.3, -0.25) is 0 Å². The van der Waals surface area contributed by atoms with Gasteiger partial charge in [-0.15, -0.1) is 0 Å². The second kappa shape index (κ2) is 12.1. The smallest absolute Gasteiger partial charge is 0.408 e. The van der Waals surface area contributed by atoms with E-state index in [0.29, 0.717) is 22.2 Å². The minimum Gasteiger partial charge on any atom is -0.492 e. The topological polar surface area (TPSA) is 73.9 Å². The van der Waals surface area contributed by atoms with E-state index in [1.807, 2.05) is 30.3 Å². The number of carbonyl (C=O) groups is 2. The van der Waals surface area contributed by atoms with E-state index in [4.69, 9.17) is 37.4 Å². The molecule has 0 heterocycles. The van der Waals surface area contributed by atoms with Gasteiger partial charge in [0.15, 0.2) is 0 Å². The molecule has 0 aromatic heterocycles. The van der Waals surface area contributed by atoms with Gasteiger partial charge in [-0.25, -0.2) is 9.59 Å². The number of hydrogen-bond acceptors (Lipinski definition) is 5. The first-order chi connectivity index (χ1) is 15.4. The van der Waals surface area contributed by atoms with Crippen LogP contribution in [0.4, 0.5) is 4.79 Å². The van der Waals surface area contributed by atoms with E-state index in [0.717, 1.165) is 5.56 Å². The summed E-state index contributed by atoms with van der Waals surface area (Å²) in [4.78, 5) is 24.6. The normalized spacial score (nSPS) is 14.0. The van der Waals surface area contributed by atoms with Crippen molar-refractivity contribution in [3.63, 3.8) is 0 Å². The number of benzene rings is 2. The fourth-order valence-corrected chi connectivity index (χ4v) is 3.45. The van der Waals surface area contributed by atoms with Crippen molar-refractivity contribution in [3.05, 3.63) is 64.1 Å². The van der Waals surface area contributed by atoms with Crippen molar-refractivity contribution < 1.29 is 23.8 Å². The van der Waals surface area contributed by atoms with E-state index in [2.05, 4.69) is 5.32 Å². The molecule has 33 heavy (non-hydrogen) atoms. The van der Waals surface area contributed by atoms with Gasteiger partial charge in [0.1, 0.15) is 23.5 Å². The number of amides is 1. The highest BCUT2D eigenvalue weighted by Crippen LogP contribution is 2.28. The van der Waals surface area contributed by atoms with Crippen molar-refractivity contribution in [2.45, 2.75) is 58.8 Å². The second-order valence-corrected chi connectivity index (χ2v) is 9.69. The first-order valence-electron chi connectivity index (χ1n) is 10.8. The molecule has 2 rings (SSSR count). The summed E-state index contributed by atoms with van der Waals surface area (Å²) in [5.41, 5.74) is 0.415. The predicted octanol–water partition coefficient (Wildman–Crippen LogP) is 6.08. The van der Waals surface area contributed by atoms with Crippen LogP contribution in [-0.4, -0.2) is 36.4 Å². The Morgan fingerprint density at radius 1 is 1.03 bits per heavy atom. The molecular weight excluding hydrogens is 465 g/mol. The van der Waals surface area contributed by atoms with Gasteiger partial charge < -0.3 is 19.5 Å². The molecule has 0 unspecified atom stereocenters. The molecule has 2 aromatic rings. The number of ether oxygens (including phenoxy) is 3. The Morgan fingerprint density at radius 2 is 1.70 bits per heavy atom.